The maximum atomic E-state index is 8.81. The van der Waals surface area contributed by atoms with E-state index in [1.807, 2.05) is 0 Å². The monoisotopic (exact) mass is 200 g/mol. The number of aliphatic hydroxyl groups excluding tert-OH is 1. The standard InChI is InChI=1S/C12H24O2/c1-8-9(2)11(4)14-12(10(8)3)6-5-7-13/h8-13H,5-7H2,1-4H3/t8?,9-,10?,11?,12-/m0/s1. The van der Waals surface area contributed by atoms with E-state index < -0.39 is 0 Å². The molecular weight excluding hydrogens is 176 g/mol. The van der Waals surface area contributed by atoms with Gasteiger partial charge in [0.2, 0.25) is 0 Å². The van der Waals surface area contributed by atoms with Gasteiger partial charge in [-0.1, -0.05) is 20.8 Å². The first-order chi connectivity index (χ1) is 6.57. The van der Waals surface area contributed by atoms with Gasteiger partial charge in [0, 0.05) is 6.61 Å². The summed E-state index contributed by atoms with van der Waals surface area (Å²) in [7, 11) is 0. The topological polar surface area (TPSA) is 29.5 Å². The Labute approximate surface area is 87.7 Å². The number of hydrogen-bond acceptors (Lipinski definition) is 2. The Balaban J connectivity index is 2.52. The molecule has 0 radical (unpaired) electrons. The van der Waals surface area contributed by atoms with Gasteiger partial charge in [0.15, 0.2) is 0 Å². The van der Waals surface area contributed by atoms with Crippen molar-refractivity contribution in [2.75, 3.05) is 6.61 Å². The van der Waals surface area contributed by atoms with Gasteiger partial charge in [0.1, 0.15) is 0 Å². The molecule has 1 aliphatic rings. The van der Waals surface area contributed by atoms with E-state index in [1.54, 1.807) is 0 Å². The first-order valence-corrected chi connectivity index (χ1v) is 5.84. The average molecular weight is 200 g/mol. The summed E-state index contributed by atoms with van der Waals surface area (Å²) in [5.41, 5.74) is 0. The van der Waals surface area contributed by atoms with Crippen LogP contribution in [-0.2, 0) is 4.74 Å². The molecule has 0 bridgehead atoms. The van der Waals surface area contributed by atoms with Crippen LogP contribution in [0.15, 0.2) is 0 Å². The van der Waals surface area contributed by atoms with Crippen molar-refractivity contribution in [3.05, 3.63) is 0 Å². The maximum absolute atomic E-state index is 8.81. The predicted octanol–water partition coefficient (Wildman–Crippen LogP) is 2.45. The lowest BCUT2D eigenvalue weighted by Gasteiger charge is -2.42. The lowest BCUT2D eigenvalue weighted by molar-refractivity contribution is -0.128. The summed E-state index contributed by atoms with van der Waals surface area (Å²) in [4.78, 5) is 0. The second-order valence-electron chi connectivity index (χ2n) is 4.82. The third-order valence-corrected chi connectivity index (χ3v) is 4.02. The van der Waals surface area contributed by atoms with Gasteiger partial charge >= 0.3 is 0 Å². The molecule has 0 aromatic rings. The molecule has 3 unspecified atom stereocenters. The van der Waals surface area contributed by atoms with Crippen LogP contribution in [0.2, 0.25) is 0 Å². The molecular formula is C12H24O2. The molecule has 14 heavy (non-hydrogen) atoms. The quantitative estimate of drug-likeness (QED) is 0.758. The van der Waals surface area contributed by atoms with Gasteiger partial charge in [-0.15, -0.1) is 0 Å². The van der Waals surface area contributed by atoms with Gasteiger partial charge in [-0.25, -0.2) is 0 Å². The predicted molar refractivity (Wildman–Crippen MR) is 58.1 cm³/mol. The second-order valence-corrected chi connectivity index (χ2v) is 4.82. The summed E-state index contributed by atoms with van der Waals surface area (Å²) in [5.74, 6) is 1.99. The van der Waals surface area contributed by atoms with Gasteiger partial charge in [-0.2, -0.15) is 0 Å². The average Bonchev–Trinajstić information content (AvgIpc) is 2.18. The molecule has 0 amide bonds. The third kappa shape index (κ3) is 2.48. The Bertz CT molecular complexity index is 170. The van der Waals surface area contributed by atoms with E-state index >= 15 is 0 Å². The molecule has 1 aliphatic heterocycles. The summed E-state index contributed by atoms with van der Waals surface area (Å²) in [6.45, 7) is 9.31. The molecule has 1 heterocycles. The van der Waals surface area contributed by atoms with Gasteiger partial charge < -0.3 is 9.84 Å². The van der Waals surface area contributed by atoms with Gasteiger partial charge in [0.25, 0.3) is 0 Å². The number of rotatable bonds is 3. The van der Waals surface area contributed by atoms with Crippen LogP contribution in [0.25, 0.3) is 0 Å². The van der Waals surface area contributed by atoms with Crippen molar-refractivity contribution in [2.24, 2.45) is 17.8 Å². The van der Waals surface area contributed by atoms with E-state index in [4.69, 9.17) is 9.84 Å². The molecule has 2 nitrogen and oxygen atoms in total. The summed E-state index contributed by atoms with van der Waals surface area (Å²) >= 11 is 0. The van der Waals surface area contributed by atoms with Crippen molar-refractivity contribution in [1.82, 2.24) is 0 Å². The smallest absolute Gasteiger partial charge is 0.0607 e. The maximum Gasteiger partial charge on any atom is 0.0607 e. The summed E-state index contributed by atoms with van der Waals surface area (Å²) < 4.78 is 5.97. The SMILES string of the molecule is CC1O[C@@H](CCCO)C(C)C(C)[C@@H]1C. The molecule has 1 fully saturated rings. The van der Waals surface area contributed by atoms with Crippen molar-refractivity contribution >= 4 is 0 Å². The highest BCUT2D eigenvalue weighted by Gasteiger charge is 2.36. The molecule has 1 rings (SSSR count). The van der Waals surface area contributed by atoms with E-state index in [9.17, 15) is 0 Å². The number of aliphatic hydroxyl groups is 1. The summed E-state index contributed by atoms with van der Waals surface area (Å²) in [6.07, 6.45) is 2.58. The zero-order valence-corrected chi connectivity index (χ0v) is 9.86. The van der Waals surface area contributed by atoms with Crippen molar-refractivity contribution in [3.63, 3.8) is 0 Å². The fraction of sp³-hybridized carbons (Fsp3) is 1.00. The van der Waals surface area contributed by atoms with Crippen LogP contribution in [0, 0.1) is 17.8 Å². The molecule has 0 aliphatic carbocycles. The van der Waals surface area contributed by atoms with Crippen LogP contribution in [0.3, 0.4) is 0 Å². The van der Waals surface area contributed by atoms with Gasteiger partial charge in [-0.05, 0) is 37.5 Å². The molecule has 0 saturated carbocycles. The van der Waals surface area contributed by atoms with Crippen LogP contribution in [-0.4, -0.2) is 23.9 Å². The molecule has 1 N–H and O–H groups in total. The lowest BCUT2D eigenvalue weighted by Crippen LogP contribution is -2.43. The fourth-order valence-corrected chi connectivity index (χ4v) is 2.39. The van der Waals surface area contributed by atoms with Gasteiger partial charge in [0.05, 0.1) is 12.2 Å². The minimum atomic E-state index is 0.283. The molecule has 84 valence electrons. The van der Waals surface area contributed by atoms with Gasteiger partial charge in [-0.3, -0.25) is 0 Å². The van der Waals surface area contributed by atoms with Crippen LogP contribution in [0.5, 0.6) is 0 Å². The molecule has 2 heteroatoms. The lowest BCUT2D eigenvalue weighted by atomic mass is 9.76. The Morgan fingerprint density at radius 1 is 1.00 bits per heavy atom. The van der Waals surface area contributed by atoms with E-state index in [0.717, 1.165) is 18.8 Å². The molecule has 1 saturated heterocycles. The zero-order valence-electron chi connectivity index (χ0n) is 9.86. The van der Waals surface area contributed by atoms with Crippen molar-refractivity contribution in [2.45, 2.75) is 52.7 Å². The first kappa shape index (κ1) is 12.0. The highest BCUT2D eigenvalue weighted by Crippen LogP contribution is 2.36. The third-order valence-electron chi connectivity index (χ3n) is 4.02. The van der Waals surface area contributed by atoms with Crippen molar-refractivity contribution in [1.29, 1.82) is 0 Å². The number of ether oxygens (including phenoxy) is 1. The van der Waals surface area contributed by atoms with Crippen LogP contribution in [0.1, 0.15) is 40.5 Å². The van der Waals surface area contributed by atoms with Crippen LogP contribution >= 0.6 is 0 Å². The fourth-order valence-electron chi connectivity index (χ4n) is 2.39. The Morgan fingerprint density at radius 2 is 1.64 bits per heavy atom. The zero-order chi connectivity index (χ0) is 10.7. The Hall–Kier alpha value is -0.0800. The summed E-state index contributed by atoms with van der Waals surface area (Å²) in [5, 5.41) is 8.81. The van der Waals surface area contributed by atoms with E-state index in [0.29, 0.717) is 24.0 Å². The Morgan fingerprint density at radius 3 is 2.21 bits per heavy atom. The molecule has 0 spiro atoms. The molecule has 5 atom stereocenters. The molecule has 0 aromatic heterocycles. The van der Waals surface area contributed by atoms with Crippen LogP contribution in [0.4, 0.5) is 0 Å². The van der Waals surface area contributed by atoms with E-state index in [1.165, 1.54) is 0 Å². The largest absolute Gasteiger partial charge is 0.396 e. The first-order valence-electron chi connectivity index (χ1n) is 5.84. The normalized spacial score (nSPS) is 43.9. The Kier molecular flexibility index (Phi) is 4.39. The second kappa shape index (κ2) is 5.13. The minimum Gasteiger partial charge on any atom is -0.396 e. The van der Waals surface area contributed by atoms with Crippen LogP contribution < -0.4 is 0 Å². The highest BCUT2D eigenvalue weighted by atomic mass is 16.5. The van der Waals surface area contributed by atoms with Crippen molar-refractivity contribution in [3.8, 4) is 0 Å². The summed E-state index contributed by atoms with van der Waals surface area (Å²) in [6, 6.07) is 0. The highest BCUT2D eigenvalue weighted by molar-refractivity contribution is 4.83. The minimum absolute atomic E-state index is 0.283. The van der Waals surface area contributed by atoms with Crippen molar-refractivity contribution < 1.29 is 9.84 Å². The number of hydrogen-bond donors (Lipinski definition) is 1. The van der Waals surface area contributed by atoms with E-state index in [-0.39, 0.29) is 6.61 Å². The molecule has 0 aromatic carbocycles. The van der Waals surface area contributed by atoms with E-state index in [2.05, 4.69) is 27.7 Å².